The molecule has 1 aromatic rings. The van der Waals surface area contributed by atoms with Crippen LogP contribution in [0.15, 0.2) is 22.7 Å². The van der Waals surface area contributed by atoms with Crippen LogP contribution in [-0.2, 0) is 16.0 Å². The molecule has 2 N–H and O–H groups in total. The second-order valence-corrected chi connectivity index (χ2v) is 8.53. The number of carbonyl (C=O) groups excluding carboxylic acids is 3. The van der Waals surface area contributed by atoms with Crippen molar-refractivity contribution >= 4 is 33.8 Å². The molecule has 1 aliphatic carbocycles. The number of benzene rings is 1. The molecule has 0 aromatic heterocycles. The van der Waals surface area contributed by atoms with Crippen LogP contribution in [0, 0.1) is 11.8 Å². The van der Waals surface area contributed by atoms with Gasteiger partial charge in [-0.2, -0.15) is 0 Å². The summed E-state index contributed by atoms with van der Waals surface area (Å²) in [5, 5.41) is 4.25. The maximum absolute atomic E-state index is 11.9. The normalized spacial score (nSPS) is 18.7. The summed E-state index contributed by atoms with van der Waals surface area (Å²) in [7, 11) is 0. The minimum absolute atomic E-state index is 0.227. The standard InChI is InChI=1S/C21H27BrN2O4/c22-17-13-15(12-16-19(25)23-21(27)24-20(16)26)9-10-18(17)28-11-5-4-8-14-6-2-1-3-7-14/h9-10,13-14,16H,1-8,11-12H2,(H2,23,24,25,26,27). The molecule has 1 aromatic carbocycles. The van der Waals surface area contributed by atoms with Crippen LogP contribution in [0.3, 0.4) is 0 Å². The lowest BCUT2D eigenvalue weighted by atomic mass is 9.86. The molecule has 6 nitrogen and oxygen atoms in total. The summed E-state index contributed by atoms with van der Waals surface area (Å²) >= 11 is 3.50. The van der Waals surface area contributed by atoms with Gasteiger partial charge in [-0.05, 0) is 58.8 Å². The number of halogens is 1. The van der Waals surface area contributed by atoms with E-state index in [0.29, 0.717) is 6.61 Å². The van der Waals surface area contributed by atoms with Crippen molar-refractivity contribution in [2.75, 3.05) is 6.61 Å². The third-order valence-corrected chi connectivity index (χ3v) is 6.15. The van der Waals surface area contributed by atoms with Gasteiger partial charge >= 0.3 is 6.03 Å². The smallest absolute Gasteiger partial charge is 0.328 e. The van der Waals surface area contributed by atoms with Gasteiger partial charge in [-0.15, -0.1) is 0 Å². The molecule has 0 radical (unpaired) electrons. The summed E-state index contributed by atoms with van der Waals surface area (Å²) in [6, 6.07) is 4.79. The molecule has 1 aliphatic heterocycles. The van der Waals surface area contributed by atoms with E-state index in [4.69, 9.17) is 4.74 Å². The third kappa shape index (κ3) is 5.80. The molecule has 0 atom stereocenters. The monoisotopic (exact) mass is 450 g/mol. The maximum Gasteiger partial charge on any atom is 0.328 e. The molecule has 1 heterocycles. The summed E-state index contributed by atoms with van der Waals surface area (Å²) in [5.41, 5.74) is 0.821. The van der Waals surface area contributed by atoms with Crippen LogP contribution in [0.2, 0.25) is 0 Å². The molecule has 1 saturated carbocycles. The van der Waals surface area contributed by atoms with E-state index in [1.807, 2.05) is 18.2 Å². The van der Waals surface area contributed by atoms with Crippen LogP contribution >= 0.6 is 15.9 Å². The van der Waals surface area contributed by atoms with Crippen molar-refractivity contribution in [2.24, 2.45) is 11.8 Å². The highest BCUT2D eigenvalue weighted by molar-refractivity contribution is 9.10. The van der Waals surface area contributed by atoms with E-state index in [9.17, 15) is 14.4 Å². The zero-order valence-electron chi connectivity index (χ0n) is 16.0. The SMILES string of the molecule is O=C1NC(=O)C(Cc2ccc(OCCCCC3CCCCC3)c(Br)c2)C(=O)N1. The van der Waals surface area contributed by atoms with Crippen molar-refractivity contribution in [1.82, 2.24) is 10.6 Å². The number of urea groups is 1. The summed E-state index contributed by atoms with van der Waals surface area (Å²) in [6.07, 6.45) is 10.7. The number of hydrogen-bond acceptors (Lipinski definition) is 4. The quantitative estimate of drug-likeness (QED) is 0.461. The van der Waals surface area contributed by atoms with Crippen LogP contribution in [0.25, 0.3) is 0 Å². The zero-order chi connectivity index (χ0) is 19.9. The van der Waals surface area contributed by atoms with Gasteiger partial charge in [-0.25, -0.2) is 4.79 Å². The second kappa shape index (κ2) is 10.0. The minimum Gasteiger partial charge on any atom is -0.492 e. The third-order valence-electron chi connectivity index (χ3n) is 5.53. The Hall–Kier alpha value is -1.89. The first kappa shape index (κ1) is 20.8. The Morgan fingerprint density at radius 1 is 1.00 bits per heavy atom. The first-order valence-electron chi connectivity index (χ1n) is 10.1. The predicted molar refractivity (Wildman–Crippen MR) is 109 cm³/mol. The Bertz CT molecular complexity index is 711. The molecule has 28 heavy (non-hydrogen) atoms. The highest BCUT2D eigenvalue weighted by atomic mass is 79.9. The van der Waals surface area contributed by atoms with Gasteiger partial charge in [0.2, 0.25) is 11.8 Å². The average Bonchev–Trinajstić information content (AvgIpc) is 2.66. The van der Waals surface area contributed by atoms with E-state index in [0.717, 1.165) is 28.1 Å². The number of ether oxygens (including phenoxy) is 1. The number of amides is 4. The molecular weight excluding hydrogens is 424 g/mol. The fourth-order valence-corrected chi connectivity index (χ4v) is 4.49. The zero-order valence-corrected chi connectivity index (χ0v) is 17.6. The van der Waals surface area contributed by atoms with Gasteiger partial charge in [-0.1, -0.05) is 44.6 Å². The number of nitrogens with one attached hydrogen (secondary N) is 2. The Morgan fingerprint density at radius 3 is 2.39 bits per heavy atom. The van der Waals surface area contributed by atoms with Crippen LogP contribution < -0.4 is 15.4 Å². The summed E-state index contributed by atoms with van der Waals surface area (Å²) < 4.78 is 6.67. The molecular formula is C21H27BrN2O4. The fraction of sp³-hybridized carbons (Fsp3) is 0.571. The van der Waals surface area contributed by atoms with Crippen molar-refractivity contribution in [3.63, 3.8) is 0 Å². The maximum atomic E-state index is 11.9. The average molecular weight is 451 g/mol. The van der Waals surface area contributed by atoms with Gasteiger partial charge in [0.05, 0.1) is 11.1 Å². The summed E-state index contributed by atoms with van der Waals surface area (Å²) in [4.78, 5) is 34.8. The van der Waals surface area contributed by atoms with E-state index in [2.05, 4.69) is 26.6 Å². The highest BCUT2D eigenvalue weighted by Gasteiger charge is 2.34. The Morgan fingerprint density at radius 2 is 1.71 bits per heavy atom. The summed E-state index contributed by atoms with van der Waals surface area (Å²) in [6.45, 7) is 0.681. The van der Waals surface area contributed by atoms with E-state index in [1.165, 1.54) is 44.9 Å². The van der Waals surface area contributed by atoms with Crippen molar-refractivity contribution in [1.29, 1.82) is 0 Å². The number of unbranched alkanes of at least 4 members (excludes halogenated alkanes) is 1. The molecule has 0 bridgehead atoms. The topological polar surface area (TPSA) is 84.5 Å². The first-order valence-corrected chi connectivity index (χ1v) is 10.9. The highest BCUT2D eigenvalue weighted by Crippen LogP contribution is 2.29. The number of carbonyl (C=O) groups is 3. The van der Waals surface area contributed by atoms with Crippen LogP contribution in [0.5, 0.6) is 5.75 Å². The number of hydrogen-bond donors (Lipinski definition) is 2. The molecule has 0 spiro atoms. The number of rotatable bonds is 8. The van der Waals surface area contributed by atoms with Gasteiger partial charge < -0.3 is 4.74 Å². The van der Waals surface area contributed by atoms with Crippen molar-refractivity contribution in [2.45, 2.75) is 57.8 Å². The van der Waals surface area contributed by atoms with E-state index >= 15 is 0 Å². The van der Waals surface area contributed by atoms with Crippen LogP contribution in [-0.4, -0.2) is 24.5 Å². The van der Waals surface area contributed by atoms with Crippen molar-refractivity contribution in [3.8, 4) is 5.75 Å². The second-order valence-electron chi connectivity index (χ2n) is 7.68. The predicted octanol–water partition coefficient (Wildman–Crippen LogP) is 4.10. The van der Waals surface area contributed by atoms with E-state index < -0.39 is 23.8 Å². The van der Waals surface area contributed by atoms with E-state index in [-0.39, 0.29) is 6.42 Å². The Balaban J connectivity index is 1.44. The van der Waals surface area contributed by atoms with Gasteiger partial charge in [0, 0.05) is 0 Å². The minimum atomic E-state index is -0.906. The molecule has 4 amide bonds. The molecule has 2 fully saturated rings. The van der Waals surface area contributed by atoms with Crippen LogP contribution in [0.1, 0.15) is 56.9 Å². The van der Waals surface area contributed by atoms with Crippen LogP contribution in [0.4, 0.5) is 4.79 Å². The molecule has 7 heteroatoms. The molecule has 3 rings (SSSR count). The molecule has 152 valence electrons. The molecule has 0 unspecified atom stereocenters. The van der Waals surface area contributed by atoms with Gasteiger partial charge in [0.1, 0.15) is 11.7 Å². The van der Waals surface area contributed by atoms with Crippen molar-refractivity contribution < 1.29 is 19.1 Å². The lowest BCUT2D eigenvalue weighted by molar-refractivity contribution is -0.135. The van der Waals surface area contributed by atoms with Gasteiger partial charge in [0.15, 0.2) is 0 Å². The Labute approximate surface area is 173 Å². The number of barbiturate groups is 1. The lowest BCUT2D eigenvalue weighted by Gasteiger charge is -2.21. The molecule has 2 aliphatic rings. The first-order chi connectivity index (χ1) is 13.5. The Kier molecular flexibility index (Phi) is 7.48. The van der Waals surface area contributed by atoms with Gasteiger partial charge in [-0.3, -0.25) is 20.2 Å². The van der Waals surface area contributed by atoms with E-state index in [1.54, 1.807) is 0 Å². The fourth-order valence-electron chi connectivity index (χ4n) is 3.95. The van der Waals surface area contributed by atoms with Crippen molar-refractivity contribution in [3.05, 3.63) is 28.2 Å². The van der Waals surface area contributed by atoms with Gasteiger partial charge in [0.25, 0.3) is 0 Å². The largest absolute Gasteiger partial charge is 0.492 e. The lowest BCUT2D eigenvalue weighted by Crippen LogP contribution is -2.56. The number of imide groups is 2. The molecule has 1 saturated heterocycles. The summed E-state index contributed by atoms with van der Waals surface area (Å²) in [5.74, 6) is -0.374.